The van der Waals surface area contributed by atoms with Crippen LogP contribution in [0.4, 0.5) is 0 Å². The van der Waals surface area contributed by atoms with Crippen molar-refractivity contribution in [3.05, 3.63) is 54.2 Å². The molecule has 154 valence electrons. The first kappa shape index (κ1) is 19.8. The fraction of sp³-hybridized carbons (Fsp3) is 0.304. The lowest BCUT2D eigenvalue weighted by Crippen LogP contribution is -2.25. The molecule has 7 heteroatoms. The van der Waals surface area contributed by atoms with Crippen LogP contribution in [0.5, 0.6) is 0 Å². The second-order valence-corrected chi connectivity index (χ2v) is 7.63. The van der Waals surface area contributed by atoms with Crippen LogP contribution in [0, 0.1) is 5.92 Å². The van der Waals surface area contributed by atoms with Gasteiger partial charge in [0.2, 0.25) is 0 Å². The third kappa shape index (κ3) is 3.96. The maximum absolute atomic E-state index is 13.1. The van der Waals surface area contributed by atoms with Crippen LogP contribution >= 0.6 is 0 Å². The first-order valence-electron chi connectivity index (χ1n) is 10.2. The Labute approximate surface area is 175 Å². The summed E-state index contributed by atoms with van der Waals surface area (Å²) in [5.41, 5.74) is 3.57. The Morgan fingerprint density at radius 2 is 1.97 bits per heavy atom. The topological polar surface area (TPSA) is 85.8 Å². The third-order valence-electron chi connectivity index (χ3n) is 4.97. The summed E-state index contributed by atoms with van der Waals surface area (Å²) in [5.74, 6) is 0.339. The molecule has 0 aliphatic carbocycles. The van der Waals surface area contributed by atoms with E-state index in [0.29, 0.717) is 46.2 Å². The molecule has 4 rings (SSSR count). The lowest BCUT2D eigenvalue weighted by molar-refractivity contribution is 0.0953. The summed E-state index contributed by atoms with van der Waals surface area (Å²) in [7, 11) is 0. The van der Waals surface area contributed by atoms with Crippen molar-refractivity contribution in [1.82, 2.24) is 25.2 Å². The number of amides is 1. The van der Waals surface area contributed by atoms with Gasteiger partial charge in [0.05, 0.1) is 16.6 Å². The second-order valence-electron chi connectivity index (χ2n) is 7.63. The Morgan fingerprint density at radius 3 is 2.67 bits per heavy atom. The largest absolute Gasteiger partial charge is 0.352 e. The molecule has 0 fully saturated rings. The molecule has 0 spiro atoms. The zero-order valence-corrected chi connectivity index (χ0v) is 17.4. The van der Waals surface area contributed by atoms with Gasteiger partial charge >= 0.3 is 0 Å². The van der Waals surface area contributed by atoms with Crippen LogP contribution in [0.2, 0.25) is 0 Å². The number of fused-ring (bicyclic) bond motifs is 1. The van der Waals surface area contributed by atoms with Crippen molar-refractivity contribution in [2.45, 2.75) is 33.7 Å². The highest BCUT2D eigenvalue weighted by atomic mass is 16.5. The van der Waals surface area contributed by atoms with Crippen LogP contribution in [0.15, 0.2) is 53.2 Å². The zero-order chi connectivity index (χ0) is 21.1. The number of hydrogen-bond donors (Lipinski definition) is 1. The second kappa shape index (κ2) is 8.49. The van der Waals surface area contributed by atoms with Crippen molar-refractivity contribution in [2.24, 2.45) is 5.92 Å². The summed E-state index contributed by atoms with van der Waals surface area (Å²) in [6.45, 7) is 7.64. The summed E-state index contributed by atoms with van der Waals surface area (Å²) in [5, 5.41) is 12.4. The first-order valence-corrected chi connectivity index (χ1v) is 10.2. The number of nitrogens with zero attached hydrogens (tertiary/aromatic N) is 4. The normalized spacial score (nSPS) is 11.3. The molecule has 3 heterocycles. The Bertz CT molecular complexity index is 1160. The van der Waals surface area contributed by atoms with E-state index in [0.717, 1.165) is 18.5 Å². The molecule has 3 aromatic heterocycles. The van der Waals surface area contributed by atoms with E-state index in [1.165, 1.54) is 0 Å². The van der Waals surface area contributed by atoms with Gasteiger partial charge in [-0.25, -0.2) is 4.98 Å². The number of hydrogen-bond acceptors (Lipinski definition) is 5. The van der Waals surface area contributed by atoms with Gasteiger partial charge < -0.3 is 9.84 Å². The fourth-order valence-corrected chi connectivity index (χ4v) is 3.30. The Hall–Kier alpha value is -3.48. The van der Waals surface area contributed by atoms with Crippen LogP contribution in [0.3, 0.4) is 0 Å². The molecule has 1 aromatic carbocycles. The lowest BCUT2D eigenvalue weighted by atomic mass is 10.0. The van der Waals surface area contributed by atoms with Gasteiger partial charge in [0.25, 0.3) is 11.6 Å². The average molecular weight is 403 g/mol. The van der Waals surface area contributed by atoms with E-state index >= 15 is 0 Å². The van der Waals surface area contributed by atoms with Crippen molar-refractivity contribution >= 4 is 17.0 Å². The SMILES string of the molecule is CCn1ccc(-c2cc(C(=O)NCCC(C)C)c3c(-c4ccccc4)noc3n2)n1. The molecule has 0 saturated heterocycles. The fourth-order valence-electron chi connectivity index (χ4n) is 3.30. The zero-order valence-electron chi connectivity index (χ0n) is 17.4. The molecule has 1 amide bonds. The average Bonchev–Trinajstić information content (AvgIpc) is 3.40. The summed E-state index contributed by atoms with van der Waals surface area (Å²) in [6.07, 6.45) is 2.79. The Kier molecular flexibility index (Phi) is 5.61. The van der Waals surface area contributed by atoms with Crippen LogP contribution < -0.4 is 5.32 Å². The van der Waals surface area contributed by atoms with E-state index in [1.54, 1.807) is 6.07 Å². The molecule has 0 saturated carbocycles. The molecular weight excluding hydrogens is 378 g/mol. The van der Waals surface area contributed by atoms with Gasteiger partial charge in [0, 0.05) is 24.8 Å². The molecule has 0 aliphatic rings. The molecule has 7 nitrogen and oxygen atoms in total. The van der Waals surface area contributed by atoms with Gasteiger partial charge in [0.1, 0.15) is 11.4 Å². The number of rotatable bonds is 7. The number of carbonyl (C=O) groups excluding carboxylic acids is 1. The maximum atomic E-state index is 13.1. The molecule has 4 aromatic rings. The van der Waals surface area contributed by atoms with Crippen LogP contribution in [-0.4, -0.2) is 32.4 Å². The predicted molar refractivity (Wildman–Crippen MR) is 116 cm³/mol. The summed E-state index contributed by atoms with van der Waals surface area (Å²) in [4.78, 5) is 17.7. The van der Waals surface area contributed by atoms with Gasteiger partial charge in [-0.05, 0) is 31.4 Å². The Balaban J connectivity index is 1.82. The van der Waals surface area contributed by atoms with Crippen LogP contribution in [0.1, 0.15) is 37.6 Å². The summed E-state index contributed by atoms with van der Waals surface area (Å²) < 4.78 is 7.38. The highest BCUT2D eigenvalue weighted by Crippen LogP contribution is 2.32. The van der Waals surface area contributed by atoms with Gasteiger partial charge in [0.15, 0.2) is 0 Å². The van der Waals surface area contributed by atoms with Crippen molar-refractivity contribution in [1.29, 1.82) is 0 Å². The minimum Gasteiger partial charge on any atom is -0.352 e. The number of benzene rings is 1. The van der Waals surface area contributed by atoms with E-state index in [1.807, 2.05) is 54.2 Å². The van der Waals surface area contributed by atoms with Crippen LogP contribution in [-0.2, 0) is 6.54 Å². The number of nitrogens with one attached hydrogen (secondary N) is 1. The molecule has 0 atom stereocenters. The monoisotopic (exact) mass is 403 g/mol. The predicted octanol–water partition coefficient (Wildman–Crippen LogP) is 4.55. The number of aromatic nitrogens is 4. The smallest absolute Gasteiger partial charge is 0.259 e. The van der Waals surface area contributed by atoms with E-state index in [-0.39, 0.29) is 5.91 Å². The molecule has 0 bridgehead atoms. The molecule has 0 aliphatic heterocycles. The molecule has 0 radical (unpaired) electrons. The standard InChI is InChI=1S/C23H25N5O2/c1-4-28-13-11-18(26-28)19-14-17(22(29)24-12-10-15(2)3)20-21(27-30-23(20)25-19)16-8-6-5-7-9-16/h5-9,11,13-15H,4,10,12H2,1-3H3,(H,24,29). The van der Waals surface area contributed by atoms with Gasteiger partial charge in [-0.3, -0.25) is 9.48 Å². The minimum atomic E-state index is -0.167. The Morgan fingerprint density at radius 1 is 1.17 bits per heavy atom. The van der Waals surface area contributed by atoms with Crippen LogP contribution in [0.25, 0.3) is 33.7 Å². The lowest BCUT2D eigenvalue weighted by Gasteiger charge is -2.09. The van der Waals surface area contributed by atoms with Crippen molar-refractivity contribution in [3.8, 4) is 22.6 Å². The number of carbonyl (C=O) groups is 1. The quantitative estimate of drug-likeness (QED) is 0.489. The van der Waals surface area contributed by atoms with Gasteiger partial charge in [-0.2, -0.15) is 5.10 Å². The number of pyridine rings is 1. The van der Waals surface area contributed by atoms with Crippen molar-refractivity contribution in [2.75, 3.05) is 6.54 Å². The molecule has 30 heavy (non-hydrogen) atoms. The first-order chi connectivity index (χ1) is 14.6. The van der Waals surface area contributed by atoms with Gasteiger partial charge in [-0.15, -0.1) is 0 Å². The summed E-state index contributed by atoms with van der Waals surface area (Å²) in [6, 6.07) is 13.3. The number of aryl methyl sites for hydroxylation is 1. The molecular formula is C23H25N5O2. The minimum absolute atomic E-state index is 0.167. The van der Waals surface area contributed by atoms with E-state index < -0.39 is 0 Å². The summed E-state index contributed by atoms with van der Waals surface area (Å²) >= 11 is 0. The van der Waals surface area contributed by atoms with E-state index in [2.05, 4.69) is 34.4 Å². The van der Waals surface area contributed by atoms with Crippen molar-refractivity contribution in [3.63, 3.8) is 0 Å². The molecule has 1 N–H and O–H groups in total. The highest BCUT2D eigenvalue weighted by Gasteiger charge is 2.22. The molecule has 0 unspecified atom stereocenters. The van der Waals surface area contributed by atoms with E-state index in [4.69, 9.17) is 4.52 Å². The van der Waals surface area contributed by atoms with Gasteiger partial charge in [-0.1, -0.05) is 49.3 Å². The van der Waals surface area contributed by atoms with Crippen molar-refractivity contribution < 1.29 is 9.32 Å². The highest BCUT2D eigenvalue weighted by molar-refractivity contribution is 6.10. The third-order valence-corrected chi connectivity index (χ3v) is 4.97. The van der Waals surface area contributed by atoms with E-state index in [9.17, 15) is 4.79 Å². The maximum Gasteiger partial charge on any atom is 0.259 e.